The van der Waals surface area contributed by atoms with E-state index in [1.807, 2.05) is 0 Å². The van der Waals surface area contributed by atoms with E-state index in [1.54, 1.807) is 49.5 Å². The maximum absolute atomic E-state index is 12.4. The lowest BCUT2D eigenvalue weighted by molar-refractivity contribution is -0.114. The average Bonchev–Trinajstić information content (AvgIpc) is 2.82. The van der Waals surface area contributed by atoms with Crippen molar-refractivity contribution in [2.75, 3.05) is 10.6 Å². The summed E-state index contributed by atoms with van der Waals surface area (Å²) in [4.78, 5) is 35.0. The standard InChI is InChI=1S/C17H15N3O4/c1-10(21)18-12-5-3-4-11(8-12)16(22)19-13-6-7-15-14(9-13)20(2)17(23)24-15/h3-9H,1-2H3,(H,18,21)(H,19,22). The fourth-order valence-electron chi connectivity index (χ4n) is 2.35. The first-order valence-corrected chi connectivity index (χ1v) is 7.22. The predicted molar refractivity (Wildman–Crippen MR) is 90.2 cm³/mol. The van der Waals surface area contributed by atoms with Crippen molar-refractivity contribution in [3.63, 3.8) is 0 Å². The van der Waals surface area contributed by atoms with Gasteiger partial charge in [0.05, 0.1) is 5.52 Å². The minimum Gasteiger partial charge on any atom is -0.408 e. The fourth-order valence-corrected chi connectivity index (χ4v) is 2.35. The molecular weight excluding hydrogens is 310 g/mol. The van der Waals surface area contributed by atoms with Crippen LogP contribution in [0.15, 0.2) is 51.7 Å². The summed E-state index contributed by atoms with van der Waals surface area (Å²) in [7, 11) is 1.59. The number of fused-ring (bicyclic) bond motifs is 1. The Labute approximate surface area is 136 Å². The first kappa shape index (κ1) is 15.5. The third kappa shape index (κ3) is 3.05. The lowest BCUT2D eigenvalue weighted by Crippen LogP contribution is -2.13. The van der Waals surface area contributed by atoms with E-state index in [1.165, 1.54) is 11.5 Å². The van der Waals surface area contributed by atoms with Gasteiger partial charge in [0, 0.05) is 30.9 Å². The van der Waals surface area contributed by atoms with Crippen molar-refractivity contribution in [2.45, 2.75) is 6.92 Å². The van der Waals surface area contributed by atoms with Crippen LogP contribution in [0.1, 0.15) is 17.3 Å². The van der Waals surface area contributed by atoms with Gasteiger partial charge in [0.15, 0.2) is 5.58 Å². The fraction of sp³-hybridized carbons (Fsp3) is 0.118. The molecule has 7 heteroatoms. The molecule has 24 heavy (non-hydrogen) atoms. The van der Waals surface area contributed by atoms with Crippen LogP contribution in [0.3, 0.4) is 0 Å². The number of carbonyl (C=O) groups excluding carboxylic acids is 2. The average molecular weight is 325 g/mol. The smallest absolute Gasteiger partial charge is 0.408 e. The van der Waals surface area contributed by atoms with Crippen LogP contribution in [0.4, 0.5) is 11.4 Å². The van der Waals surface area contributed by atoms with E-state index in [0.29, 0.717) is 28.0 Å². The minimum atomic E-state index is -0.462. The van der Waals surface area contributed by atoms with E-state index in [9.17, 15) is 14.4 Å². The molecule has 3 aromatic rings. The number of carbonyl (C=O) groups is 2. The van der Waals surface area contributed by atoms with Crippen LogP contribution < -0.4 is 16.4 Å². The van der Waals surface area contributed by atoms with Crippen LogP contribution in [0.25, 0.3) is 11.1 Å². The number of rotatable bonds is 3. The third-order valence-electron chi connectivity index (χ3n) is 3.49. The van der Waals surface area contributed by atoms with Gasteiger partial charge in [-0.3, -0.25) is 14.2 Å². The number of oxazole rings is 1. The largest absolute Gasteiger partial charge is 0.419 e. The Morgan fingerprint density at radius 2 is 1.79 bits per heavy atom. The molecule has 1 aromatic heterocycles. The SMILES string of the molecule is CC(=O)Nc1cccc(C(=O)Nc2ccc3oc(=O)n(C)c3c2)c1. The Hall–Kier alpha value is -3.35. The molecule has 2 amide bonds. The highest BCUT2D eigenvalue weighted by Gasteiger charge is 2.10. The molecule has 0 bridgehead atoms. The highest BCUT2D eigenvalue weighted by Crippen LogP contribution is 2.19. The topological polar surface area (TPSA) is 93.3 Å². The molecule has 0 saturated carbocycles. The van der Waals surface area contributed by atoms with Gasteiger partial charge in [-0.25, -0.2) is 4.79 Å². The summed E-state index contributed by atoms with van der Waals surface area (Å²) in [6, 6.07) is 11.6. The molecular formula is C17H15N3O4. The van der Waals surface area contributed by atoms with Crippen LogP contribution in [0.2, 0.25) is 0 Å². The molecule has 0 radical (unpaired) electrons. The van der Waals surface area contributed by atoms with E-state index in [2.05, 4.69) is 10.6 Å². The Morgan fingerprint density at radius 3 is 2.54 bits per heavy atom. The van der Waals surface area contributed by atoms with E-state index < -0.39 is 5.76 Å². The first-order valence-electron chi connectivity index (χ1n) is 7.22. The number of hydrogen-bond donors (Lipinski definition) is 2. The van der Waals surface area contributed by atoms with Crippen LogP contribution >= 0.6 is 0 Å². The van der Waals surface area contributed by atoms with E-state index in [4.69, 9.17) is 4.42 Å². The number of aromatic nitrogens is 1. The highest BCUT2D eigenvalue weighted by atomic mass is 16.4. The molecule has 7 nitrogen and oxygen atoms in total. The van der Waals surface area contributed by atoms with Crippen molar-refractivity contribution < 1.29 is 14.0 Å². The molecule has 1 heterocycles. The zero-order valence-corrected chi connectivity index (χ0v) is 13.1. The molecule has 0 atom stereocenters. The van der Waals surface area contributed by atoms with E-state index in [-0.39, 0.29) is 11.8 Å². The predicted octanol–water partition coefficient (Wildman–Crippen LogP) is 2.34. The number of nitrogens with one attached hydrogen (secondary N) is 2. The van der Waals surface area contributed by atoms with Gasteiger partial charge in [-0.1, -0.05) is 6.07 Å². The minimum absolute atomic E-state index is 0.209. The van der Waals surface area contributed by atoms with Crippen LogP contribution in [-0.4, -0.2) is 16.4 Å². The van der Waals surface area contributed by atoms with Gasteiger partial charge in [-0.05, 0) is 36.4 Å². The maximum atomic E-state index is 12.4. The number of benzene rings is 2. The summed E-state index contributed by atoms with van der Waals surface area (Å²) in [5.74, 6) is -0.995. The zero-order chi connectivity index (χ0) is 17.3. The summed E-state index contributed by atoms with van der Waals surface area (Å²) in [5, 5.41) is 5.39. The molecule has 0 fully saturated rings. The van der Waals surface area contributed by atoms with Crippen molar-refractivity contribution in [1.29, 1.82) is 0 Å². The Balaban J connectivity index is 1.85. The molecule has 0 saturated heterocycles. The Kier molecular flexibility index (Phi) is 3.91. The Morgan fingerprint density at radius 1 is 1.04 bits per heavy atom. The molecule has 2 N–H and O–H groups in total. The Bertz CT molecular complexity index is 1000. The van der Waals surface area contributed by atoms with Crippen LogP contribution in [0, 0.1) is 0 Å². The number of hydrogen-bond acceptors (Lipinski definition) is 4. The second-order valence-electron chi connectivity index (χ2n) is 5.33. The second-order valence-corrected chi connectivity index (χ2v) is 5.33. The van der Waals surface area contributed by atoms with E-state index in [0.717, 1.165) is 0 Å². The van der Waals surface area contributed by atoms with Gasteiger partial charge in [-0.15, -0.1) is 0 Å². The summed E-state index contributed by atoms with van der Waals surface area (Å²) in [6.07, 6.45) is 0. The summed E-state index contributed by atoms with van der Waals surface area (Å²) in [6.45, 7) is 1.40. The van der Waals surface area contributed by atoms with Gasteiger partial charge in [0.25, 0.3) is 5.91 Å². The first-order chi connectivity index (χ1) is 11.4. The number of nitrogens with zero attached hydrogens (tertiary/aromatic N) is 1. The quantitative estimate of drug-likeness (QED) is 0.773. The maximum Gasteiger partial charge on any atom is 0.419 e. The number of aryl methyl sites for hydroxylation is 1. The van der Waals surface area contributed by atoms with Crippen molar-refractivity contribution in [2.24, 2.45) is 7.05 Å². The van der Waals surface area contributed by atoms with Gasteiger partial charge in [-0.2, -0.15) is 0 Å². The summed E-state index contributed by atoms with van der Waals surface area (Å²) in [5.41, 5.74) is 2.53. The van der Waals surface area contributed by atoms with Crippen LogP contribution in [0.5, 0.6) is 0 Å². The van der Waals surface area contributed by atoms with Gasteiger partial charge < -0.3 is 15.1 Å². The number of amides is 2. The molecule has 0 aliphatic heterocycles. The normalized spacial score (nSPS) is 10.6. The van der Waals surface area contributed by atoms with Crippen LogP contribution in [-0.2, 0) is 11.8 Å². The van der Waals surface area contributed by atoms with Gasteiger partial charge in [0.2, 0.25) is 5.91 Å². The monoisotopic (exact) mass is 325 g/mol. The zero-order valence-electron chi connectivity index (χ0n) is 13.1. The molecule has 122 valence electrons. The lowest BCUT2D eigenvalue weighted by Gasteiger charge is -2.07. The summed E-state index contributed by atoms with van der Waals surface area (Å²) >= 11 is 0. The van der Waals surface area contributed by atoms with Crippen molar-refractivity contribution in [1.82, 2.24) is 4.57 Å². The summed E-state index contributed by atoms with van der Waals surface area (Å²) < 4.78 is 6.41. The molecule has 0 aliphatic rings. The molecule has 0 unspecified atom stereocenters. The molecule has 0 aliphatic carbocycles. The highest BCUT2D eigenvalue weighted by molar-refractivity contribution is 6.05. The lowest BCUT2D eigenvalue weighted by atomic mass is 10.1. The van der Waals surface area contributed by atoms with Crippen molar-refractivity contribution >= 4 is 34.3 Å². The molecule has 3 rings (SSSR count). The van der Waals surface area contributed by atoms with E-state index >= 15 is 0 Å². The van der Waals surface area contributed by atoms with Gasteiger partial charge >= 0.3 is 5.76 Å². The second kappa shape index (κ2) is 6.04. The molecule has 0 spiro atoms. The van der Waals surface area contributed by atoms with Crippen molar-refractivity contribution in [3.8, 4) is 0 Å². The number of anilines is 2. The van der Waals surface area contributed by atoms with Gasteiger partial charge in [0.1, 0.15) is 0 Å². The molecule has 2 aromatic carbocycles. The van der Waals surface area contributed by atoms with Crippen molar-refractivity contribution in [3.05, 3.63) is 58.6 Å². The third-order valence-corrected chi connectivity index (χ3v) is 3.49.